The van der Waals surface area contributed by atoms with Crippen LogP contribution >= 0.6 is 0 Å². The molecule has 1 aromatic carbocycles. The van der Waals surface area contributed by atoms with Crippen LogP contribution in [0, 0.1) is 13.8 Å². The van der Waals surface area contributed by atoms with E-state index >= 15 is 0 Å². The van der Waals surface area contributed by atoms with E-state index in [1.807, 2.05) is 0 Å². The number of hydrogen-bond donors (Lipinski definition) is 0. The number of pyridine rings is 1. The van der Waals surface area contributed by atoms with Gasteiger partial charge >= 0.3 is 5.63 Å². The van der Waals surface area contributed by atoms with Gasteiger partial charge in [0, 0.05) is 12.1 Å². The number of benzene rings is 1. The predicted octanol–water partition coefficient (Wildman–Crippen LogP) is 3.47. The predicted molar refractivity (Wildman–Crippen MR) is 84.1 cm³/mol. The molecule has 110 valence electrons. The molecule has 4 rings (SSSR count). The summed E-state index contributed by atoms with van der Waals surface area (Å²) in [6, 6.07) is 8.17. The molecular weight excluding hydrogens is 276 g/mol. The second kappa shape index (κ2) is 4.77. The lowest BCUT2D eigenvalue weighted by atomic mass is 10.0. The first kappa shape index (κ1) is 13.2. The molecule has 1 aliphatic rings. The lowest BCUT2D eigenvalue weighted by molar-refractivity contribution is 0.444. The summed E-state index contributed by atoms with van der Waals surface area (Å²) < 4.78 is 5.43. The van der Waals surface area contributed by atoms with E-state index in [0.29, 0.717) is 22.7 Å². The van der Waals surface area contributed by atoms with Gasteiger partial charge < -0.3 is 4.42 Å². The zero-order valence-electron chi connectivity index (χ0n) is 12.5. The molecule has 0 radical (unpaired) electrons. The van der Waals surface area contributed by atoms with Crippen LogP contribution in [0.1, 0.15) is 40.8 Å². The minimum absolute atomic E-state index is 0.194. The summed E-state index contributed by atoms with van der Waals surface area (Å²) in [5.41, 5.74) is 4.17. The SMILES string of the molecule is Cc1ccc(C2CC2c2nc3cnccc3c(=O)o2)cc1C. The van der Waals surface area contributed by atoms with E-state index in [4.69, 9.17) is 4.42 Å². The monoisotopic (exact) mass is 292 g/mol. The molecule has 2 heterocycles. The van der Waals surface area contributed by atoms with Gasteiger partial charge in [-0.3, -0.25) is 4.98 Å². The number of aryl methyl sites for hydroxylation is 2. The minimum atomic E-state index is -0.326. The highest BCUT2D eigenvalue weighted by Gasteiger charge is 2.43. The second-order valence-corrected chi connectivity index (χ2v) is 6.02. The third kappa shape index (κ3) is 2.11. The molecule has 0 N–H and O–H groups in total. The fraction of sp³-hybridized carbons (Fsp3) is 0.278. The number of rotatable bonds is 2. The highest BCUT2D eigenvalue weighted by Crippen LogP contribution is 2.54. The van der Waals surface area contributed by atoms with Crippen molar-refractivity contribution in [2.45, 2.75) is 32.1 Å². The molecule has 2 atom stereocenters. The van der Waals surface area contributed by atoms with Crippen molar-refractivity contribution in [2.75, 3.05) is 0 Å². The van der Waals surface area contributed by atoms with Crippen LogP contribution in [0.15, 0.2) is 45.9 Å². The fourth-order valence-electron chi connectivity index (χ4n) is 2.93. The van der Waals surface area contributed by atoms with Gasteiger partial charge in [0.25, 0.3) is 0 Å². The maximum Gasteiger partial charge on any atom is 0.346 e. The zero-order chi connectivity index (χ0) is 15.3. The van der Waals surface area contributed by atoms with E-state index < -0.39 is 0 Å². The van der Waals surface area contributed by atoms with E-state index in [9.17, 15) is 4.79 Å². The van der Waals surface area contributed by atoms with Crippen LogP contribution < -0.4 is 5.63 Å². The van der Waals surface area contributed by atoms with Crippen molar-refractivity contribution >= 4 is 10.9 Å². The van der Waals surface area contributed by atoms with Gasteiger partial charge in [0.15, 0.2) is 0 Å². The summed E-state index contributed by atoms with van der Waals surface area (Å²) in [6.07, 6.45) is 4.17. The molecule has 1 saturated carbocycles. The Kier molecular flexibility index (Phi) is 2.86. The van der Waals surface area contributed by atoms with Crippen LogP contribution in [0.4, 0.5) is 0 Å². The summed E-state index contributed by atoms with van der Waals surface area (Å²) in [7, 11) is 0. The topological polar surface area (TPSA) is 56.0 Å². The van der Waals surface area contributed by atoms with E-state index in [2.05, 4.69) is 42.0 Å². The molecule has 0 bridgehead atoms. The maximum absolute atomic E-state index is 12.0. The summed E-state index contributed by atoms with van der Waals surface area (Å²) in [5, 5.41) is 0.488. The van der Waals surface area contributed by atoms with E-state index in [0.717, 1.165) is 6.42 Å². The van der Waals surface area contributed by atoms with Gasteiger partial charge in [0.05, 0.1) is 17.1 Å². The highest BCUT2D eigenvalue weighted by atomic mass is 16.4. The molecule has 4 nitrogen and oxygen atoms in total. The number of nitrogens with zero attached hydrogens (tertiary/aromatic N) is 2. The normalized spacial score (nSPS) is 20.3. The molecule has 22 heavy (non-hydrogen) atoms. The Labute approximate surface area is 127 Å². The maximum atomic E-state index is 12.0. The van der Waals surface area contributed by atoms with Crippen molar-refractivity contribution in [3.05, 3.63) is 69.7 Å². The van der Waals surface area contributed by atoms with Crippen LogP contribution in [0.2, 0.25) is 0 Å². The molecule has 2 unspecified atom stereocenters. The third-order valence-corrected chi connectivity index (χ3v) is 4.51. The lowest BCUT2D eigenvalue weighted by Gasteiger charge is -2.05. The van der Waals surface area contributed by atoms with Crippen LogP contribution in [0.5, 0.6) is 0 Å². The van der Waals surface area contributed by atoms with Crippen molar-refractivity contribution in [1.29, 1.82) is 0 Å². The van der Waals surface area contributed by atoms with Gasteiger partial charge in [-0.1, -0.05) is 18.2 Å². The lowest BCUT2D eigenvalue weighted by Crippen LogP contribution is -2.05. The van der Waals surface area contributed by atoms with Crippen LogP contribution in [-0.4, -0.2) is 9.97 Å². The third-order valence-electron chi connectivity index (χ3n) is 4.51. The Balaban J connectivity index is 1.69. The van der Waals surface area contributed by atoms with Crippen molar-refractivity contribution in [3.8, 4) is 0 Å². The van der Waals surface area contributed by atoms with Crippen molar-refractivity contribution < 1.29 is 4.42 Å². The second-order valence-electron chi connectivity index (χ2n) is 6.02. The Hall–Kier alpha value is -2.49. The molecule has 1 aliphatic carbocycles. The molecule has 0 spiro atoms. The number of hydrogen-bond acceptors (Lipinski definition) is 4. The zero-order valence-corrected chi connectivity index (χ0v) is 12.5. The molecular formula is C18H16N2O2. The molecule has 0 amide bonds. The molecule has 0 saturated heterocycles. The van der Waals surface area contributed by atoms with Crippen molar-refractivity contribution in [2.24, 2.45) is 0 Å². The first-order chi connectivity index (χ1) is 10.6. The molecule has 3 aromatic rings. The quantitative estimate of drug-likeness (QED) is 0.725. The van der Waals surface area contributed by atoms with Gasteiger partial charge in [-0.25, -0.2) is 9.78 Å². The number of fused-ring (bicyclic) bond motifs is 1. The van der Waals surface area contributed by atoms with Crippen LogP contribution in [-0.2, 0) is 0 Å². The first-order valence-electron chi connectivity index (χ1n) is 7.45. The average Bonchev–Trinajstić information content (AvgIpc) is 3.31. The number of aromatic nitrogens is 2. The summed E-state index contributed by atoms with van der Waals surface area (Å²) in [5.74, 6) is 1.12. The molecule has 0 aliphatic heterocycles. The van der Waals surface area contributed by atoms with E-state index in [1.54, 1.807) is 18.5 Å². The van der Waals surface area contributed by atoms with Gasteiger partial charge in [-0.15, -0.1) is 0 Å². The van der Waals surface area contributed by atoms with Gasteiger partial charge in [-0.05, 0) is 48.9 Å². The van der Waals surface area contributed by atoms with Gasteiger partial charge in [-0.2, -0.15) is 0 Å². The molecule has 2 aromatic heterocycles. The van der Waals surface area contributed by atoms with Crippen molar-refractivity contribution in [3.63, 3.8) is 0 Å². The fourth-order valence-corrected chi connectivity index (χ4v) is 2.93. The molecule has 1 fully saturated rings. The summed E-state index contributed by atoms with van der Waals surface area (Å²) >= 11 is 0. The Bertz CT molecular complexity index is 930. The average molecular weight is 292 g/mol. The Morgan fingerprint density at radius 3 is 2.82 bits per heavy atom. The minimum Gasteiger partial charge on any atom is -0.408 e. The standard InChI is InChI=1S/C18H16N2O2/c1-10-3-4-12(7-11(10)2)14-8-15(14)17-20-16-9-19-6-5-13(16)18(21)22-17/h3-7,9,14-15H,8H2,1-2H3. The highest BCUT2D eigenvalue weighted by molar-refractivity contribution is 5.75. The van der Waals surface area contributed by atoms with Gasteiger partial charge in [0.2, 0.25) is 5.89 Å². The van der Waals surface area contributed by atoms with Crippen molar-refractivity contribution in [1.82, 2.24) is 9.97 Å². The van der Waals surface area contributed by atoms with Crippen LogP contribution in [0.25, 0.3) is 10.9 Å². The first-order valence-corrected chi connectivity index (χ1v) is 7.45. The summed E-state index contributed by atoms with van der Waals surface area (Å²) in [6.45, 7) is 4.23. The van der Waals surface area contributed by atoms with Crippen LogP contribution in [0.3, 0.4) is 0 Å². The van der Waals surface area contributed by atoms with Gasteiger partial charge in [0.1, 0.15) is 0 Å². The van der Waals surface area contributed by atoms with E-state index in [-0.39, 0.29) is 11.5 Å². The summed E-state index contributed by atoms with van der Waals surface area (Å²) in [4.78, 5) is 20.6. The molecule has 4 heteroatoms. The largest absolute Gasteiger partial charge is 0.408 e. The smallest absolute Gasteiger partial charge is 0.346 e. The van der Waals surface area contributed by atoms with E-state index in [1.165, 1.54) is 16.7 Å². The Morgan fingerprint density at radius 1 is 1.14 bits per heavy atom. The Morgan fingerprint density at radius 2 is 2.00 bits per heavy atom.